The summed E-state index contributed by atoms with van der Waals surface area (Å²) in [7, 11) is 0. The Kier molecular flexibility index (Phi) is 21.0. The molecule has 9 heavy (non-hydrogen) atoms. The molecule has 0 aromatic heterocycles. The molecule has 2 nitrogen and oxygen atoms in total. The van der Waals surface area contributed by atoms with Crippen molar-refractivity contribution >= 4 is 58.3 Å². The Morgan fingerprint density at radius 3 is 1.00 bits per heavy atom. The Hall–Kier alpha value is 0.739. The molecule has 57 valence electrons. The fourth-order valence-corrected chi connectivity index (χ4v) is 0. The zero-order valence-electron chi connectivity index (χ0n) is 4.09. The number of rotatable bonds is 0. The SMILES string of the molecule is NC(=S)[S-].NC(=S)[S-].[Cu+2]. The van der Waals surface area contributed by atoms with E-state index in [9.17, 15) is 0 Å². The fourth-order valence-electron chi connectivity index (χ4n) is 0. The Bertz CT molecular complexity index is 74.6. The van der Waals surface area contributed by atoms with E-state index in [0.29, 0.717) is 0 Å². The summed E-state index contributed by atoms with van der Waals surface area (Å²) < 4.78 is 0.167. The van der Waals surface area contributed by atoms with E-state index in [1.807, 2.05) is 0 Å². The van der Waals surface area contributed by atoms with Gasteiger partial charge in [0.15, 0.2) is 0 Å². The third-order valence-corrected chi connectivity index (χ3v) is 0. The van der Waals surface area contributed by atoms with Gasteiger partial charge in [0.25, 0.3) is 0 Å². The fraction of sp³-hybridized carbons (Fsp3) is 0. The van der Waals surface area contributed by atoms with Gasteiger partial charge in [-0.1, -0.05) is 8.64 Å². The van der Waals surface area contributed by atoms with Crippen LogP contribution in [0.5, 0.6) is 0 Å². The molecule has 0 fully saturated rings. The Morgan fingerprint density at radius 2 is 1.00 bits per heavy atom. The van der Waals surface area contributed by atoms with Gasteiger partial charge in [0.1, 0.15) is 0 Å². The summed E-state index contributed by atoms with van der Waals surface area (Å²) in [6, 6.07) is 0. The van der Waals surface area contributed by atoms with Crippen LogP contribution in [0.3, 0.4) is 0 Å². The number of hydrogen-bond donors (Lipinski definition) is 2. The van der Waals surface area contributed by atoms with Crippen LogP contribution in [-0.4, -0.2) is 8.64 Å². The Balaban J connectivity index is -0.0000000720. The summed E-state index contributed by atoms with van der Waals surface area (Å²) in [6.45, 7) is 0. The van der Waals surface area contributed by atoms with Gasteiger partial charge >= 0.3 is 17.1 Å². The number of thiocarbonyl (C=S) groups is 2. The molecular weight excluding hydrogens is 244 g/mol. The zero-order valence-corrected chi connectivity index (χ0v) is 8.30. The van der Waals surface area contributed by atoms with Crippen LogP contribution in [0.1, 0.15) is 0 Å². The van der Waals surface area contributed by atoms with Gasteiger partial charge in [-0.15, -0.1) is 0 Å². The van der Waals surface area contributed by atoms with E-state index in [1.165, 1.54) is 0 Å². The standard InChI is InChI=1S/2CH3NS2.Cu/c2*2-1(3)4;/h2*(H3,2,3,4);/q;;+2/p-2. The van der Waals surface area contributed by atoms with Crippen molar-refractivity contribution in [1.82, 2.24) is 0 Å². The molecule has 0 saturated carbocycles. The van der Waals surface area contributed by atoms with Crippen molar-refractivity contribution in [3.05, 3.63) is 0 Å². The molecule has 0 bridgehead atoms. The maximum atomic E-state index is 4.66. The van der Waals surface area contributed by atoms with Gasteiger partial charge in [0, 0.05) is 0 Å². The molecule has 0 aliphatic rings. The normalized spacial score (nSPS) is 5.33. The van der Waals surface area contributed by atoms with Gasteiger partial charge in [-0.25, -0.2) is 0 Å². The van der Waals surface area contributed by atoms with E-state index in [0.717, 1.165) is 0 Å². The molecule has 0 aromatic rings. The van der Waals surface area contributed by atoms with E-state index < -0.39 is 0 Å². The predicted molar refractivity (Wildman–Crippen MR) is 48.3 cm³/mol. The van der Waals surface area contributed by atoms with Gasteiger partial charge in [-0.2, -0.15) is 0 Å². The summed E-state index contributed by atoms with van der Waals surface area (Å²) >= 11 is 16.5. The quantitative estimate of drug-likeness (QED) is 0.344. The smallest absolute Gasteiger partial charge is 0.415 e. The average molecular weight is 248 g/mol. The molecule has 1 radical (unpaired) electrons. The van der Waals surface area contributed by atoms with E-state index in [4.69, 9.17) is 0 Å². The van der Waals surface area contributed by atoms with E-state index >= 15 is 0 Å². The van der Waals surface area contributed by atoms with Crippen molar-refractivity contribution in [1.29, 1.82) is 0 Å². The Labute approximate surface area is 86.4 Å². The molecule has 0 atom stereocenters. The Morgan fingerprint density at radius 1 is 1.00 bits per heavy atom. The maximum absolute atomic E-state index is 4.66. The summed E-state index contributed by atoms with van der Waals surface area (Å²) in [5.41, 5.74) is 9.31. The van der Waals surface area contributed by atoms with Gasteiger partial charge < -0.3 is 61.2 Å². The molecule has 0 saturated heterocycles. The van der Waals surface area contributed by atoms with Gasteiger partial charge in [-0.3, -0.25) is 0 Å². The molecule has 0 unspecified atom stereocenters. The van der Waals surface area contributed by atoms with Gasteiger partial charge in [-0.05, 0) is 0 Å². The van der Waals surface area contributed by atoms with E-state index in [-0.39, 0.29) is 25.7 Å². The predicted octanol–water partition coefficient (Wildman–Crippen LogP) is -0.449. The first kappa shape index (κ1) is 16.4. The van der Waals surface area contributed by atoms with Crippen molar-refractivity contribution < 1.29 is 17.1 Å². The molecule has 0 heterocycles. The monoisotopic (exact) mass is 247 g/mol. The van der Waals surface area contributed by atoms with Crippen LogP contribution in [0.4, 0.5) is 0 Å². The van der Waals surface area contributed by atoms with Crippen LogP contribution in [0, 0.1) is 0 Å². The molecule has 4 N–H and O–H groups in total. The first-order valence-electron chi connectivity index (χ1n) is 1.39. The van der Waals surface area contributed by atoms with Crippen molar-refractivity contribution in [2.24, 2.45) is 11.5 Å². The maximum Gasteiger partial charge on any atom is 2.00 e. The van der Waals surface area contributed by atoms with Gasteiger partial charge in [0.2, 0.25) is 0 Å². The minimum atomic E-state index is 0. The van der Waals surface area contributed by atoms with Crippen LogP contribution in [0.2, 0.25) is 0 Å². The van der Waals surface area contributed by atoms with Crippen LogP contribution in [0.25, 0.3) is 0 Å². The van der Waals surface area contributed by atoms with Crippen molar-refractivity contribution in [2.75, 3.05) is 0 Å². The number of nitrogens with two attached hydrogens (primary N) is 2. The third kappa shape index (κ3) is 726. The molecule has 0 aromatic carbocycles. The van der Waals surface area contributed by atoms with Crippen molar-refractivity contribution in [3.8, 4) is 0 Å². The second kappa shape index (κ2) is 11.5. The molecule has 0 aliphatic carbocycles. The summed E-state index contributed by atoms with van der Waals surface area (Å²) in [5, 5.41) is 0. The molecule has 7 heteroatoms. The summed E-state index contributed by atoms with van der Waals surface area (Å²) in [6.07, 6.45) is 0. The molecular formula is C2H4CuN2S4. The largest absolute Gasteiger partial charge is 2.00 e. The van der Waals surface area contributed by atoms with Crippen LogP contribution in [0.15, 0.2) is 0 Å². The van der Waals surface area contributed by atoms with Gasteiger partial charge in [0.05, 0.1) is 0 Å². The second-order valence-electron chi connectivity index (χ2n) is 0.638. The average Bonchev–Trinajstić information content (AvgIpc) is 1.25. The molecule has 0 rings (SSSR count). The van der Waals surface area contributed by atoms with Crippen LogP contribution in [-0.2, 0) is 42.3 Å². The van der Waals surface area contributed by atoms with Crippen molar-refractivity contribution in [2.45, 2.75) is 0 Å². The van der Waals surface area contributed by atoms with Crippen LogP contribution < -0.4 is 11.5 Å². The number of hydrogen-bond acceptors (Lipinski definition) is 4. The molecule has 0 aliphatic heterocycles. The molecule has 0 spiro atoms. The van der Waals surface area contributed by atoms with Crippen molar-refractivity contribution in [3.63, 3.8) is 0 Å². The first-order valence-corrected chi connectivity index (χ1v) is 3.03. The summed E-state index contributed by atoms with van der Waals surface area (Å²) in [5.74, 6) is 0. The third-order valence-electron chi connectivity index (χ3n) is 0. The zero-order chi connectivity index (χ0) is 7.15. The van der Waals surface area contributed by atoms with E-state index in [1.54, 1.807) is 0 Å². The second-order valence-corrected chi connectivity index (χ2v) is 2.91. The topological polar surface area (TPSA) is 52.0 Å². The van der Waals surface area contributed by atoms with E-state index in [2.05, 4.69) is 61.2 Å². The first-order chi connectivity index (χ1) is 3.46. The minimum Gasteiger partial charge on any atom is -0.415 e. The molecule has 0 amide bonds. The summed E-state index contributed by atoms with van der Waals surface area (Å²) in [4.78, 5) is 0. The minimum absolute atomic E-state index is 0. The van der Waals surface area contributed by atoms with Crippen LogP contribution >= 0.6 is 24.4 Å².